The Labute approximate surface area is 275 Å². The zero-order chi connectivity index (χ0) is 32.4. The highest BCUT2D eigenvalue weighted by atomic mass is 16.3. The molecule has 0 amide bonds. The summed E-state index contributed by atoms with van der Waals surface area (Å²) < 4.78 is 1.96. The number of carbonyl (C=O) groups is 1. The fraction of sp³-hybridized carbons (Fsp3) is 0.316. The molecule has 2 aromatic heterocycles. The predicted octanol–water partition coefficient (Wildman–Crippen LogP) is 6.63. The van der Waals surface area contributed by atoms with Gasteiger partial charge in [0.1, 0.15) is 5.54 Å². The molecule has 7 rings (SSSR count). The summed E-state index contributed by atoms with van der Waals surface area (Å²) in [7, 11) is 2.19. The van der Waals surface area contributed by atoms with E-state index in [4.69, 9.17) is 4.98 Å². The largest absolute Gasteiger partial charge is 0.392 e. The molecule has 0 bridgehead atoms. The van der Waals surface area contributed by atoms with Crippen molar-refractivity contribution in [3.8, 4) is 22.4 Å². The molecule has 240 valence electrons. The number of piperidine rings is 1. The highest BCUT2D eigenvalue weighted by Gasteiger charge is 2.38. The summed E-state index contributed by atoms with van der Waals surface area (Å²) in [4.78, 5) is 24.8. The van der Waals surface area contributed by atoms with Crippen LogP contribution in [0.15, 0.2) is 84.4 Å². The lowest BCUT2D eigenvalue weighted by atomic mass is 9.78. The average Bonchev–Trinajstić information content (AvgIpc) is 3.60. The number of fused-ring (bicyclic) bond motifs is 2. The number of imidazole rings is 1. The van der Waals surface area contributed by atoms with Gasteiger partial charge in [0.25, 0.3) is 0 Å². The smallest absolute Gasteiger partial charge is 0.180 e. The number of benzene rings is 3. The summed E-state index contributed by atoms with van der Waals surface area (Å²) in [6.45, 7) is 4.17. The Kier molecular flexibility index (Phi) is 8.58. The predicted molar refractivity (Wildman–Crippen MR) is 187 cm³/mol. The van der Waals surface area contributed by atoms with Gasteiger partial charge in [0.2, 0.25) is 0 Å². The second-order valence-electron chi connectivity index (χ2n) is 12.8. The van der Waals surface area contributed by atoms with Crippen LogP contribution in [-0.4, -0.2) is 57.0 Å². The van der Waals surface area contributed by atoms with Crippen LogP contribution < -0.4 is 10.7 Å². The minimum atomic E-state index is -0.951. The molecule has 0 radical (unpaired) electrons. The lowest BCUT2D eigenvalue weighted by Crippen LogP contribution is -2.44. The van der Waals surface area contributed by atoms with Crippen molar-refractivity contribution >= 4 is 29.7 Å². The molecule has 1 unspecified atom stereocenters. The average molecular weight is 628 g/mol. The zero-order valence-electron chi connectivity index (χ0n) is 27.0. The SMILES string of the molecule is CCCCC1(C=O)NN=Cc2cccc(-c3cccc(-c4cn5ccnc5c(Nc5ccc(C6CCN(C)CC6)cc5)n4)c3CO)c21. The van der Waals surface area contributed by atoms with Crippen LogP contribution in [0.4, 0.5) is 11.5 Å². The standard InChI is InChI=1S/C38H41N7O2/c1-3-4-17-38(25-47)35-28(22-40-43-38)7-5-10-32(35)30-8-6-9-31(33(30)24-46)34-23-45-21-18-39-37(45)36(42-34)41-29-13-11-26(12-14-29)27-15-19-44(2)20-16-27/h5-14,18,21-23,25,27,43,46H,3-4,15-17,19-20,24H2,1-2H3,(H,41,42). The molecule has 3 N–H and O–H groups in total. The van der Waals surface area contributed by atoms with E-state index < -0.39 is 5.54 Å². The molecule has 1 saturated heterocycles. The van der Waals surface area contributed by atoms with E-state index in [0.29, 0.717) is 29.5 Å². The normalized spacial score (nSPS) is 18.2. The third-order valence-electron chi connectivity index (χ3n) is 9.77. The van der Waals surface area contributed by atoms with Gasteiger partial charge >= 0.3 is 0 Å². The number of anilines is 2. The maximum Gasteiger partial charge on any atom is 0.180 e. The summed E-state index contributed by atoms with van der Waals surface area (Å²) in [5, 5.41) is 18.8. The molecule has 5 aromatic rings. The van der Waals surface area contributed by atoms with E-state index >= 15 is 0 Å². The number of aldehydes is 1. The maximum atomic E-state index is 12.8. The first-order valence-electron chi connectivity index (χ1n) is 16.6. The van der Waals surface area contributed by atoms with Crippen molar-refractivity contribution in [1.29, 1.82) is 0 Å². The quantitative estimate of drug-likeness (QED) is 0.149. The molecule has 47 heavy (non-hydrogen) atoms. The minimum Gasteiger partial charge on any atom is -0.392 e. The van der Waals surface area contributed by atoms with Crippen molar-refractivity contribution in [3.63, 3.8) is 0 Å². The lowest BCUT2D eigenvalue weighted by molar-refractivity contribution is -0.114. The Morgan fingerprint density at radius 2 is 1.81 bits per heavy atom. The fourth-order valence-corrected chi connectivity index (χ4v) is 7.17. The second kappa shape index (κ2) is 13.1. The van der Waals surface area contributed by atoms with E-state index in [1.54, 1.807) is 12.4 Å². The van der Waals surface area contributed by atoms with Gasteiger partial charge in [-0.05, 0) is 79.7 Å². The first-order chi connectivity index (χ1) is 23.0. The fourth-order valence-electron chi connectivity index (χ4n) is 7.17. The monoisotopic (exact) mass is 627 g/mol. The van der Waals surface area contributed by atoms with E-state index in [0.717, 1.165) is 71.3 Å². The van der Waals surface area contributed by atoms with E-state index in [9.17, 15) is 9.90 Å². The number of carbonyl (C=O) groups excluding carboxylic acids is 1. The summed E-state index contributed by atoms with van der Waals surface area (Å²) >= 11 is 0. The van der Waals surface area contributed by atoms with E-state index in [2.05, 4.69) is 64.0 Å². The Morgan fingerprint density at radius 3 is 2.57 bits per heavy atom. The Bertz CT molecular complexity index is 1920. The number of aliphatic hydroxyl groups is 1. The van der Waals surface area contributed by atoms with Crippen molar-refractivity contribution in [2.24, 2.45) is 5.10 Å². The molecule has 4 heterocycles. The van der Waals surface area contributed by atoms with Gasteiger partial charge in [0.15, 0.2) is 17.8 Å². The van der Waals surface area contributed by atoms with Crippen LogP contribution in [0.1, 0.15) is 67.2 Å². The molecule has 1 fully saturated rings. The molecule has 0 aliphatic carbocycles. The van der Waals surface area contributed by atoms with Crippen LogP contribution >= 0.6 is 0 Å². The number of rotatable bonds is 10. The molecule has 1 atom stereocenters. The van der Waals surface area contributed by atoms with Crippen molar-refractivity contribution in [1.82, 2.24) is 24.7 Å². The van der Waals surface area contributed by atoms with E-state index in [-0.39, 0.29) is 6.61 Å². The van der Waals surface area contributed by atoms with E-state index in [1.165, 1.54) is 18.4 Å². The summed E-state index contributed by atoms with van der Waals surface area (Å²) in [5.74, 6) is 1.22. The van der Waals surface area contributed by atoms with Crippen molar-refractivity contribution in [2.75, 3.05) is 25.5 Å². The zero-order valence-corrected chi connectivity index (χ0v) is 27.0. The van der Waals surface area contributed by atoms with Gasteiger partial charge in [0, 0.05) is 41.0 Å². The third kappa shape index (κ3) is 5.81. The lowest BCUT2D eigenvalue weighted by Gasteiger charge is -2.34. The van der Waals surface area contributed by atoms with Crippen LogP contribution in [0.2, 0.25) is 0 Å². The Balaban J connectivity index is 1.28. The molecule has 2 aliphatic rings. The number of aromatic nitrogens is 3. The van der Waals surface area contributed by atoms with Crippen LogP contribution in [-0.2, 0) is 16.9 Å². The minimum absolute atomic E-state index is 0.204. The molecule has 0 saturated carbocycles. The number of hydrogen-bond donors (Lipinski definition) is 3. The third-order valence-corrected chi connectivity index (χ3v) is 9.77. The maximum absolute atomic E-state index is 12.8. The molecule has 0 spiro atoms. The van der Waals surface area contributed by atoms with Gasteiger partial charge in [-0.15, -0.1) is 0 Å². The Hall–Kier alpha value is -4.86. The number of nitrogens with zero attached hydrogens (tertiary/aromatic N) is 5. The van der Waals surface area contributed by atoms with Crippen molar-refractivity contribution < 1.29 is 9.90 Å². The van der Waals surface area contributed by atoms with Crippen LogP contribution in [0, 0.1) is 0 Å². The van der Waals surface area contributed by atoms with Gasteiger partial charge in [-0.1, -0.05) is 68.3 Å². The van der Waals surface area contributed by atoms with Crippen LogP contribution in [0.25, 0.3) is 28.0 Å². The van der Waals surface area contributed by atoms with Crippen LogP contribution in [0.5, 0.6) is 0 Å². The summed E-state index contributed by atoms with van der Waals surface area (Å²) in [6, 6.07) is 20.6. The summed E-state index contributed by atoms with van der Waals surface area (Å²) in [5.41, 5.74) is 11.0. The first kappa shape index (κ1) is 30.8. The molecular weight excluding hydrogens is 586 g/mol. The Morgan fingerprint density at radius 1 is 1.04 bits per heavy atom. The number of unbranched alkanes of at least 4 members (excludes halogenated alkanes) is 1. The van der Waals surface area contributed by atoms with Gasteiger partial charge in [0.05, 0.1) is 18.5 Å². The number of nitrogens with one attached hydrogen (secondary N) is 2. The topological polar surface area (TPSA) is 107 Å². The highest BCUT2D eigenvalue weighted by Crippen LogP contribution is 2.41. The molecule has 3 aromatic carbocycles. The number of hydrazone groups is 1. The number of likely N-dealkylation sites (tertiary alicyclic amines) is 1. The molecule has 9 heteroatoms. The molecule has 9 nitrogen and oxygen atoms in total. The number of hydrogen-bond acceptors (Lipinski definition) is 8. The first-order valence-corrected chi connectivity index (χ1v) is 16.6. The second-order valence-corrected chi connectivity index (χ2v) is 12.8. The number of aliphatic hydroxyl groups excluding tert-OH is 1. The van der Waals surface area contributed by atoms with E-state index in [1.807, 2.05) is 53.2 Å². The summed E-state index contributed by atoms with van der Waals surface area (Å²) in [6.07, 6.45) is 13.2. The molecular formula is C38H41N7O2. The van der Waals surface area contributed by atoms with Crippen molar-refractivity contribution in [2.45, 2.75) is 57.1 Å². The van der Waals surface area contributed by atoms with Crippen molar-refractivity contribution in [3.05, 3.63) is 102 Å². The van der Waals surface area contributed by atoms with Crippen LogP contribution in [0.3, 0.4) is 0 Å². The van der Waals surface area contributed by atoms with Gasteiger partial charge in [-0.3, -0.25) is 5.43 Å². The molecule has 2 aliphatic heterocycles. The van der Waals surface area contributed by atoms with Gasteiger partial charge in [-0.25, -0.2) is 9.97 Å². The highest BCUT2D eigenvalue weighted by molar-refractivity contribution is 5.93. The van der Waals surface area contributed by atoms with Gasteiger partial charge < -0.3 is 24.5 Å². The van der Waals surface area contributed by atoms with Gasteiger partial charge in [-0.2, -0.15) is 5.10 Å².